The van der Waals surface area contributed by atoms with Crippen molar-refractivity contribution >= 4 is 73.7 Å². The van der Waals surface area contributed by atoms with Gasteiger partial charge in [-0.15, -0.1) is 0 Å². The number of halogens is 1. The smallest absolute Gasteiger partial charge is 0.123 e. The average molecular weight is 763 g/mol. The van der Waals surface area contributed by atoms with Crippen molar-refractivity contribution in [3.63, 3.8) is 0 Å². The standard InChI is InChI=1S/C54H39FN2Si/c1-58(2,3)38-30-28-37(29-31-38)56(36-26-24-35(55)25-27-36)50-33-47-52(42-17-7-6-15-40(42)50)51-39-14-5-4-13-34(39)23-32-45(51)54(47)44-19-9-11-22-49(44)57-48-21-10-8-16-41(48)43-18-12-20-46(54)53(43)57/h4-33H,1-3H3. The highest BCUT2D eigenvalue weighted by Gasteiger charge is 2.52. The van der Waals surface area contributed by atoms with Gasteiger partial charge in [0.05, 0.1) is 35.9 Å². The molecule has 58 heavy (non-hydrogen) atoms. The monoisotopic (exact) mass is 762 g/mol. The molecule has 0 saturated carbocycles. The van der Waals surface area contributed by atoms with Crippen molar-refractivity contribution in [3.05, 3.63) is 210 Å². The molecule has 0 amide bonds. The van der Waals surface area contributed by atoms with Crippen LogP contribution in [-0.2, 0) is 5.41 Å². The molecule has 1 spiro atoms. The Bertz CT molecular complexity index is 3340. The Balaban J connectivity index is 1.28. The fourth-order valence-electron chi connectivity index (χ4n) is 10.5. The zero-order valence-corrected chi connectivity index (χ0v) is 33.6. The van der Waals surface area contributed by atoms with Gasteiger partial charge >= 0.3 is 0 Å². The molecule has 0 fully saturated rings. The van der Waals surface area contributed by atoms with E-state index in [9.17, 15) is 4.39 Å². The molecule has 0 radical (unpaired) electrons. The largest absolute Gasteiger partial charge is 0.310 e. The van der Waals surface area contributed by atoms with E-state index in [4.69, 9.17) is 0 Å². The lowest BCUT2D eigenvalue weighted by Crippen LogP contribution is -2.37. The highest BCUT2D eigenvalue weighted by atomic mass is 28.3. The van der Waals surface area contributed by atoms with Crippen molar-refractivity contribution in [1.29, 1.82) is 0 Å². The predicted molar refractivity (Wildman–Crippen MR) is 244 cm³/mol. The Hall–Kier alpha value is -6.75. The third-order valence-corrected chi connectivity index (χ3v) is 15.0. The van der Waals surface area contributed by atoms with Crippen LogP contribution in [0, 0.1) is 5.82 Å². The Morgan fingerprint density at radius 3 is 1.86 bits per heavy atom. The van der Waals surface area contributed by atoms with E-state index in [0.717, 1.165) is 22.4 Å². The van der Waals surface area contributed by atoms with E-state index in [1.807, 2.05) is 12.1 Å². The second-order valence-electron chi connectivity index (χ2n) is 17.0. The van der Waals surface area contributed by atoms with Crippen molar-refractivity contribution in [1.82, 2.24) is 4.57 Å². The van der Waals surface area contributed by atoms with Crippen LogP contribution in [0.4, 0.5) is 21.5 Å². The molecule has 1 aliphatic carbocycles. The molecule has 9 aromatic carbocycles. The molecule has 2 nitrogen and oxygen atoms in total. The van der Waals surface area contributed by atoms with Gasteiger partial charge in [0.1, 0.15) is 5.82 Å². The number of benzene rings is 9. The molecule has 1 aromatic heterocycles. The summed E-state index contributed by atoms with van der Waals surface area (Å²) in [6.45, 7) is 7.16. The quantitative estimate of drug-likeness (QED) is 0.162. The average Bonchev–Trinajstić information content (AvgIpc) is 3.75. The summed E-state index contributed by atoms with van der Waals surface area (Å²) < 4.78 is 17.2. The van der Waals surface area contributed by atoms with E-state index >= 15 is 0 Å². The molecule has 2 aliphatic rings. The number of rotatable bonds is 4. The summed E-state index contributed by atoms with van der Waals surface area (Å²) in [4.78, 5) is 2.34. The molecule has 0 bridgehead atoms. The predicted octanol–water partition coefficient (Wildman–Crippen LogP) is 13.9. The second kappa shape index (κ2) is 11.9. The zero-order chi connectivity index (χ0) is 38.9. The van der Waals surface area contributed by atoms with Crippen molar-refractivity contribution in [2.75, 3.05) is 4.90 Å². The fraction of sp³-hybridized carbons (Fsp3) is 0.0741. The Kier molecular flexibility index (Phi) is 6.84. The fourth-order valence-corrected chi connectivity index (χ4v) is 11.7. The molecule has 1 aliphatic heterocycles. The maximum absolute atomic E-state index is 14.7. The van der Waals surface area contributed by atoms with Crippen LogP contribution >= 0.6 is 0 Å². The van der Waals surface area contributed by atoms with E-state index in [-0.39, 0.29) is 5.82 Å². The van der Waals surface area contributed by atoms with Crippen LogP contribution in [0.15, 0.2) is 182 Å². The first-order valence-corrected chi connectivity index (χ1v) is 23.7. The lowest BCUT2D eigenvalue weighted by atomic mass is 9.65. The topological polar surface area (TPSA) is 8.17 Å². The molecule has 4 heteroatoms. The third-order valence-electron chi connectivity index (χ3n) is 13.0. The molecular formula is C54H39FN2Si. The van der Waals surface area contributed by atoms with Gasteiger partial charge in [0.2, 0.25) is 0 Å². The summed E-state index contributed by atoms with van der Waals surface area (Å²) in [6.07, 6.45) is 0. The van der Waals surface area contributed by atoms with Gasteiger partial charge in [-0.3, -0.25) is 0 Å². The van der Waals surface area contributed by atoms with Gasteiger partial charge in [-0.05, 0) is 104 Å². The Labute approximate surface area is 338 Å². The molecule has 10 aromatic rings. The lowest BCUT2D eigenvalue weighted by Gasteiger charge is -2.40. The number of aromatic nitrogens is 1. The summed E-state index contributed by atoms with van der Waals surface area (Å²) >= 11 is 0. The maximum atomic E-state index is 14.7. The van der Waals surface area contributed by atoms with Gasteiger partial charge < -0.3 is 9.47 Å². The summed E-state index contributed by atoms with van der Waals surface area (Å²) in [5.74, 6) is -0.250. The molecule has 0 saturated heterocycles. The van der Waals surface area contributed by atoms with Gasteiger partial charge in [-0.25, -0.2) is 4.39 Å². The molecule has 12 rings (SSSR count). The van der Waals surface area contributed by atoms with E-state index in [1.165, 1.54) is 82.2 Å². The van der Waals surface area contributed by atoms with Crippen molar-refractivity contribution in [2.45, 2.75) is 25.1 Å². The van der Waals surface area contributed by atoms with Crippen LogP contribution in [-0.4, -0.2) is 12.6 Å². The Morgan fingerprint density at radius 1 is 0.483 bits per heavy atom. The van der Waals surface area contributed by atoms with Gasteiger partial charge in [0.25, 0.3) is 0 Å². The van der Waals surface area contributed by atoms with Crippen LogP contribution in [0.5, 0.6) is 0 Å². The summed E-state index contributed by atoms with van der Waals surface area (Å²) in [7, 11) is -1.57. The minimum absolute atomic E-state index is 0.250. The number of para-hydroxylation sites is 3. The molecule has 1 atom stereocenters. The van der Waals surface area contributed by atoms with Gasteiger partial charge in [-0.1, -0.05) is 152 Å². The normalized spacial score (nSPS) is 15.3. The first-order chi connectivity index (χ1) is 28.3. The van der Waals surface area contributed by atoms with Gasteiger partial charge in [0, 0.05) is 27.5 Å². The minimum Gasteiger partial charge on any atom is -0.310 e. The SMILES string of the molecule is C[Si](C)(C)c1ccc(N(c2ccc(F)cc2)c2cc3c(c4ccccc24)-c2c(ccc4ccccc24)C32c3ccccc3-n3c4ccccc4c4cccc2c43)cc1. The summed E-state index contributed by atoms with van der Waals surface area (Å²) in [6, 6.07) is 65.9. The molecule has 276 valence electrons. The molecule has 2 heterocycles. The number of anilines is 3. The van der Waals surface area contributed by atoms with Crippen molar-refractivity contribution in [2.24, 2.45) is 0 Å². The van der Waals surface area contributed by atoms with Gasteiger partial charge in [0.15, 0.2) is 0 Å². The third kappa shape index (κ3) is 4.35. The Morgan fingerprint density at radius 2 is 1.09 bits per heavy atom. The van der Waals surface area contributed by atoms with Crippen molar-refractivity contribution in [3.8, 4) is 16.8 Å². The minimum atomic E-state index is -1.57. The highest BCUT2D eigenvalue weighted by molar-refractivity contribution is 6.88. The zero-order valence-electron chi connectivity index (χ0n) is 32.6. The molecule has 1 unspecified atom stereocenters. The summed E-state index contributed by atoms with van der Waals surface area (Å²) in [5.41, 5.74) is 13.7. The van der Waals surface area contributed by atoms with Gasteiger partial charge in [-0.2, -0.15) is 0 Å². The molecule has 0 N–H and O–H groups in total. The number of hydrogen-bond donors (Lipinski definition) is 0. The van der Waals surface area contributed by atoms with Crippen LogP contribution in [0.1, 0.15) is 22.3 Å². The number of hydrogen-bond acceptors (Lipinski definition) is 1. The van der Waals surface area contributed by atoms with Crippen LogP contribution < -0.4 is 10.1 Å². The lowest BCUT2D eigenvalue weighted by molar-refractivity contribution is 0.628. The van der Waals surface area contributed by atoms with Crippen LogP contribution in [0.3, 0.4) is 0 Å². The molecular weight excluding hydrogens is 724 g/mol. The maximum Gasteiger partial charge on any atom is 0.123 e. The number of fused-ring (bicyclic) bond motifs is 16. The highest BCUT2D eigenvalue weighted by Crippen LogP contribution is 2.64. The van der Waals surface area contributed by atoms with Crippen LogP contribution in [0.2, 0.25) is 19.6 Å². The van der Waals surface area contributed by atoms with E-state index < -0.39 is 13.5 Å². The van der Waals surface area contributed by atoms with E-state index in [0.29, 0.717) is 0 Å². The first-order valence-electron chi connectivity index (χ1n) is 20.2. The van der Waals surface area contributed by atoms with Crippen molar-refractivity contribution < 1.29 is 4.39 Å². The number of nitrogens with zero attached hydrogens (tertiary/aromatic N) is 2. The van der Waals surface area contributed by atoms with E-state index in [2.05, 4.69) is 187 Å². The van der Waals surface area contributed by atoms with Crippen LogP contribution in [0.25, 0.3) is 60.2 Å². The van der Waals surface area contributed by atoms with E-state index in [1.54, 1.807) is 12.1 Å². The second-order valence-corrected chi connectivity index (χ2v) is 22.1. The summed E-state index contributed by atoms with van der Waals surface area (Å²) in [5, 5.41) is 8.74. The first kappa shape index (κ1) is 33.4.